The molecule has 3 saturated heterocycles. The molecule has 1 spiro atoms. The Morgan fingerprint density at radius 2 is 2.40 bits per heavy atom. The van der Waals surface area contributed by atoms with Gasteiger partial charge in [0.1, 0.15) is 6.17 Å². The molecule has 0 aromatic carbocycles. The summed E-state index contributed by atoms with van der Waals surface area (Å²) in [4.78, 5) is 14.1. The Morgan fingerprint density at radius 1 is 1.60 bits per heavy atom. The second-order valence-electron chi connectivity index (χ2n) is 5.18. The summed E-state index contributed by atoms with van der Waals surface area (Å²) in [6, 6.07) is 0.359. The third kappa shape index (κ3) is 1.01. The number of hydrogen-bond acceptors (Lipinski definition) is 3. The molecule has 3 atom stereocenters. The highest BCUT2D eigenvalue weighted by Crippen LogP contribution is 2.45. The van der Waals surface area contributed by atoms with Crippen LogP contribution >= 0.6 is 0 Å². The average Bonchev–Trinajstić information content (AvgIpc) is 2.83. The number of nitrogens with one attached hydrogen (secondary N) is 1. The molecule has 3 aliphatic heterocycles. The van der Waals surface area contributed by atoms with E-state index in [-0.39, 0.29) is 12.1 Å². The molecule has 0 aromatic heterocycles. The van der Waals surface area contributed by atoms with Crippen LogP contribution in [0.3, 0.4) is 0 Å². The van der Waals surface area contributed by atoms with E-state index in [1.54, 1.807) is 0 Å². The Morgan fingerprint density at radius 3 is 3.00 bits per heavy atom. The van der Waals surface area contributed by atoms with Gasteiger partial charge < -0.3 is 9.64 Å². The van der Waals surface area contributed by atoms with E-state index in [0.29, 0.717) is 12.0 Å². The van der Waals surface area contributed by atoms with Crippen molar-refractivity contribution in [3.8, 4) is 0 Å². The van der Waals surface area contributed by atoms with Crippen molar-refractivity contribution in [2.75, 3.05) is 13.2 Å². The van der Waals surface area contributed by atoms with E-state index in [0.717, 1.165) is 26.0 Å². The van der Waals surface area contributed by atoms with Gasteiger partial charge in [-0.3, -0.25) is 10.1 Å². The summed E-state index contributed by atoms with van der Waals surface area (Å²) in [5.74, 6) is 0.735. The van der Waals surface area contributed by atoms with Gasteiger partial charge in [0.15, 0.2) is 5.60 Å². The summed E-state index contributed by atoms with van der Waals surface area (Å²) >= 11 is 0. The Bertz CT molecular complexity index is 297. The molecule has 3 aliphatic rings. The van der Waals surface area contributed by atoms with Gasteiger partial charge in [-0.1, -0.05) is 13.8 Å². The largest absolute Gasteiger partial charge is 0.361 e. The van der Waals surface area contributed by atoms with Crippen LogP contribution in [0.15, 0.2) is 0 Å². The van der Waals surface area contributed by atoms with Crippen molar-refractivity contribution in [1.29, 1.82) is 0 Å². The molecule has 3 rings (SSSR count). The van der Waals surface area contributed by atoms with Gasteiger partial charge in [0.25, 0.3) is 5.91 Å². The van der Waals surface area contributed by atoms with Crippen LogP contribution in [0.5, 0.6) is 0 Å². The Balaban J connectivity index is 1.83. The molecule has 0 saturated carbocycles. The summed E-state index contributed by atoms with van der Waals surface area (Å²) in [6.07, 6.45) is 2.06. The van der Waals surface area contributed by atoms with Crippen LogP contribution in [0.25, 0.3) is 0 Å². The first-order valence-electron chi connectivity index (χ1n) is 5.87. The molecule has 3 heterocycles. The summed E-state index contributed by atoms with van der Waals surface area (Å²) in [5.41, 5.74) is -0.482. The van der Waals surface area contributed by atoms with Gasteiger partial charge in [-0.15, -0.1) is 0 Å². The zero-order chi connectivity index (χ0) is 10.6. The van der Waals surface area contributed by atoms with Gasteiger partial charge in [0, 0.05) is 19.2 Å². The van der Waals surface area contributed by atoms with Crippen LogP contribution < -0.4 is 5.32 Å². The van der Waals surface area contributed by atoms with Gasteiger partial charge in [0.2, 0.25) is 0 Å². The maximum Gasteiger partial charge on any atom is 0.260 e. The lowest BCUT2D eigenvalue weighted by atomic mass is 9.84. The topological polar surface area (TPSA) is 41.6 Å². The van der Waals surface area contributed by atoms with Gasteiger partial charge >= 0.3 is 0 Å². The molecule has 3 fully saturated rings. The molecule has 4 nitrogen and oxygen atoms in total. The third-order valence-electron chi connectivity index (χ3n) is 4.02. The van der Waals surface area contributed by atoms with Crippen molar-refractivity contribution < 1.29 is 9.53 Å². The van der Waals surface area contributed by atoms with E-state index in [2.05, 4.69) is 19.2 Å². The molecule has 1 N–H and O–H groups in total. The maximum absolute atomic E-state index is 12.1. The lowest BCUT2D eigenvalue weighted by molar-refractivity contribution is -0.195. The lowest BCUT2D eigenvalue weighted by Crippen LogP contribution is -2.75. The monoisotopic (exact) mass is 210 g/mol. The highest BCUT2D eigenvalue weighted by molar-refractivity contribution is 5.94. The molecule has 15 heavy (non-hydrogen) atoms. The molecule has 1 amide bonds. The number of hydrogen-bond donors (Lipinski definition) is 1. The fourth-order valence-electron chi connectivity index (χ4n) is 3.15. The number of β-lactam (4-membered cyclic amide) rings is 1. The van der Waals surface area contributed by atoms with E-state index < -0.39 is 5.60 Å². The first kappa shape index (κ1) is 9.60. The zero-order valence-electron chi connectivity index (χ0n) is 9.32. The Kier molecular flexibility index (Phi) is 1.89. The van der Waals surface area contributed by atoms with E-state index >= 15 is 0 Å². The van der Waals surface area contributed by atoms with Crippen molar-refractivity contribution in [2.24, 2.45) is 5.92 Å². The van der Waals surface area contributed by atoms with Crippen molar-refractivity contribution in [1.82, 2.24) is 10.2 Å². The number of ether oxygens (including phenoxy) is 1. The van der Waals surface area contributed by atoms with Crippen LogP contribution in [0.1, 0.15) is 26.7 Å². The Labute approximate surface area is 90.0 Å². The summed E-state index contributed by atoms with van der Waals surface area (Å²) in [6.45, 7) is 5.99. The van der Waals surface area contributed by atoms with Crippen LogP contribution in [-0.4, -0.2) is 41.8 Å². The molecule has 4 heteroatoms. The minimum atomic E-state index is -0.482. The average molecular weight is 210 g/mol. The Hall–Kier alpha value is -0.610. The van der Waals surface area contributed by atoms with Crippen molar-refractivity contribution >= 4 is 5.91 Å². The van der Waals surface area contributed by atoms with Gasteiger partial charge in [-0.05, 0) is 18.8 Å². The van der Waals surface area contributed by atoms with Gasteiger partial charge in [0.05, 0.1) is 0 Å². The number of fused-ring (bicyclic) bond motifs is 2. The minimum absolute atomic E-state index is 0.153. The summed E-state index contributed by atoms with van der Waals surface area (Å²) in [7, 11) is 0. The fraction of sp³-hybridized carbons (Fsp3) is 0.909. The lowest BCUT2D eigenvalue weighted by Gasteiger charge is -2.51. The molecule has 0 aromatic rings. The number of carbonyl (C=O) groups is 1. The molecule has 0 bridgehead atoms. The predicted octanol–water partition coefficient (Wildman–Crippen LogP) is 0.332. The number of amides is 1. The maximum atomic E-state index is 12.1. The number of rotatable bonds is 1. The van der Waals surface area contributed by atoms with E-state index in [1.807, 2.05) is 4.90 Å². The van der Waals surface area contributed by atoms with Crippen molar-refractivity contribution in [3.63, 3.8) is 0 Å². The molecule has 0 radical (unpaired) electrons. The highest BCUT2D eigenvalue weighted by atomic mass is 16.5. The highest BCUT2D eigenvalue weighted by Gasteiger charge is 2.67. The fourth-order valence-corrected chi connectivity index (χ4v) is 3.15. The SMILES string of the molecule is CC(C)[C@H]1CN[C@H]2N1C(=O)[C@@]21CCCO1. The smallest absolute Gasteiger partial charge is 0.260 e. The number of nitrogens with zero attached hydrogens (tertiary/aromatic N) is 1. The molecule has 84 valence electrons. The van der Waals surface area contributed by atoms with Crippen molar-refractivity contribution in [2.45, 2.75) is 44.5 Å². The first-order chi connectivity index (χ1) is 7.17. The third-order valence-corrected chi connectivity index (χ3v) is 4.02. The standard InChI is InChI=1S/C11H18N2O2/c1-7(2)8-6-12-9-11(4-3-5-15-11)10(14)13(8)9/h7-9,12H,3-6H2,1-2H3/t8-,9+,11-/m1/s1. The van der Waals surface area contributed by atoms with E-state index in [4.69, 9.17) is 4.74 Å². The van der Waals surface area contributed by atoms with Crippen molar-refractivity contribution in [3.05, 3.63) is 0 Å². The van der Waals surface area contributed by atoms with Crippen LogP contribution in [0.4, 0.5) is 0 Å². The molecule has 0 aliphatic carbocycles. The first-order valence-corrected chi connectivity index (χ1v) is 5.87. The minimum Gasteiger partial charge on any atom is -0.361 e. The second kappa shape index (κ2) is 2.95. The van der Waals surface area contributed by atoms with Crippen LogP contribution in [-0.2, 0) is 9.53 Å². The van der Waals surface area contributed by atoms with Crippen LogP contribution in [0, 0.1) is 5.92 Å². The molecule has 0 unspecified atom stereocenters. The van der Waals surface area contributed by atoms with Gasteiger partial charge in [-0.2, -0.15) is 0 Å². The second-order valence-corrected chi connectivity index (χ2v) is 5.18. The number of carbonyl (C=O) groups excluding carboxylic acids is 1. The molecular formula is C11H18N2O2. The quantitative estimate of drug-likeness (QED) is 0.634. The van der Waals surface area contributed by atoms with E-state index in [9.17, 15) is 4.79 Å². The molecular weight excluding hydrogens is 192 g/mol. The summed E-state index contributed by atoms with van der Waals surface area (Å²) < 4.78 is 5.68. The van der Waals surface area contributed by atoms with E-state index in [1.165, 1.54) is 0 Å². The predicted molar refractivity (Wildman–Crippen MR) is 55.2 cm³/mol. The normalized spacial score (nSPS) is 43.9. The van der Waals surface area contributed by atoms with Crippen LogP contribution in [0.2, 0.25) is 0 Å². The zero-order valence-corrected chi connectivity index (χ0v) is 9.32. The summed E-state index contributed by atoms with van der Waals surface area (Å²) in [5, 5.41) is 3.43. The van der Waals surface area contributed by atoms with Gasteiger partial charge in [-0.25, -0.2) is 0 Å².